The minimum atomic E-state index is -0.730. The Balaban J connectivity index is 2.28. The van der Waals surface area contributed by atoms with Crippen LogP contribution in [0.4, 0.5) is 4.39 Å². The Kier molecular flexibility index (Phi) is 8.13. The molecule has 0 bridgehead atoms. The lowest BCUT2D eigenvalue weighted by Crippen LogP contribution is -2.14. The number of carbonyl (C=O) groups is 1. The Morgan fingerprint density at radius 3 is 2.81 bits per heavy atom. The molecule has 0 aliphatic heterocycles. The molecule has 0 heterocycles. The molecular weight excluding hydrogens is 293 g/mol. The summed E-state index contributed by atoms with van der Waals surface area (Å²) in [5.41, 5.74) is 5.60. The summed E-state index contributed by atoms with van der Waals surface area (Å²) in [6.45, 7) is 2.31. The molecule has 1 aromatic rings. The number of rotatable bonds is 10. The lowest BCUT2D eigenvalue weighted by molar-refractivity contribution is 0.1000. The summed E-state index contributed by atoms with van der Waals surface area (Å²) in [6, 6.07) is 6.67. The summed E-state index contributed by atoms with van der Waals surface area (Å²) in [5.74, 6) is 0.0686. The van der Waals surface area contributed by atoms with Gasteiger partial charge in [-0.1, -0.05) is 19.4 Å². The number of carbonyl (C=O) groups excluding carboxylic acids is 1. The van der Waals surface area contributed by atoms with Crippen molar-refractivity contribution < 1.29 is 13.9 Å². The second-order valence-electron chi connectivity index (χ2n) is 5.12. The number of primary amides is 1. The molecule has 2 unspecified atom stereocenters. The van der Waals surface area contributed by atoms with Crippen molar-refractivity contribution in [2.24, 2.45) is 5.73 Å². The maximum atomic E-state index is 13.3. The van der Waals surface area contributed by atoms with Gasteiger partial charge in [0.15, 0.2) is 0 Å². The number of hydrogen-bond acceptors (Lipinski definition) is 2. The molecule has 1 rings (SSSR count). The molecule has 3 nitrogen and oxygen atoms in total. The highest BCUT2D eigenvalue weighted by Crippen LogP contribution is 2.17. The molecule has 0 radical (unpaired) electrons. The first-order valence-electron chi connectivity index (χ1n) is 7.33. The fraction of sp³-hybridized carbons (Fsp3) is 0.562. The standard InChI is InChI=1S/C16H23ClFNO2/c1-2-5-14(18)8-4-7-13(17)11-21-15-9-3-6-12(10-15)16(19)20/h3,6,9-10,13-14H,2,4-5,7-8,11H2,1H3,(H2,19,20). The van der Waals surface area contributed by atoms with Crippen LogP contribution in [0, 0.1) is 0 Å². The van der Waals surface area contributed by atoms with Crippen LogP contribution in [0.25, 0.3) is 0 Å². The van der Waals surface area contributed by atoms with Gasteiger partial charge in [-0.05, 0) is 43.9 Å². The molecule has 0 saturated carbocycles. The highest BCUT2D eigenvalue weighted by atomic mass is 35.5. The number of amides is 1. The van der Waals surface area contributed by atoms with Crippen molar-refractivity contribution in [3.8, 4) is 5.75 Å². The molecule has 0 aliphatic carbocycles. The Morgan fingerprint density at radius 1 is 1.38 bits per heavy atom. The van der Waals surface area contributed by atoms with Gasteiger partial charge in [-0.3, -0.25) is 4.79 Å². The molecule has 1 amide bonds. The molecule has 2 atom stereocenters. The molecule has 0 aliphatic rings. The van der Waals surface area contributed by atoms with Crippen LogP contribution in [0.3, 0.4) is 0 Å². The average molecular weight is 316 g/mol. The highest BCUT2D eigenvalue weighted by Gasteiger charge is 2.10. The molecule has 118 valence electrons. The topological polar surface area (TPSA) is 52.3 Å². The molecule has 2 N–H and O–H groups in total. The van der Waals surface area contributed by atoms with E-state index in [-0.39, 0.29) is 5.38 Å². The van der Waals surface area contributed by atoms with Crippen molar-refractivity contribution in [2.45, 2.75) is 50.6 Å². The van der Waals surface area contributed by atoms with Crippen molar-refractivity contribution in [3.05, 3.63) is 29.8 Å². The summed E-state index contributed by atoms with van der Waals surface area (Å²) in [5, 5.41) is -0.170. The molecule has 0 fully saturated rings. The van der Waals surface area contributed by atoms with E-state index < -0.39 is 12.1 Å². The SMILES string of the molecule is CCCC(F)CCCC(Cl)COc1cccc(C(N)=O)c1. The monoisotopic (exact) mass is 315 g/mol. The lowest BCUT2D eigenvalue weighted by Gasteiger charge is -2.12. The van der Waals surface area contributed by atoms with Crippen LogP contribution in [0.15, 0.2) is 24.3 Å². The van der Waals surface area contributed by atoms with E-state index in [1.165, 1.54) is 0 Å². The zero-order valence-electron chi connectivity index (χ0n) is 12.4. The Hall–Kier alpha value is -1.29. The maximum absolute atomic E-state index is 13.3. The summed E-state index contributed by atoms with van der Waals surface area (Å²) < 4.78 is 18.8. The fourth-order valence-electron chi connectivity index (χ4n) is 2.03. The zero-order chi connectivity index (χ0) is 15.7. The van der Waals surface area contributed by atoms with Gasteiger partial charge >= 0.3 is 0 Å². The Bertz CT molecular complexity index is 442. The maximum Gasteiger partial charge on any atom is 0.248 e. The highest BCUT2D eigenvalue weighted by molar-refractivity contribution is 6.20. The zero-order valence-corrected chi connectivity index (χ0v) is 13.1. The van der Waals surface area contributed by atoms with E-state index in [1.807, 2.05) is 6.92 Å². The van der Waals surface area contributed by atoms with Crippen LogP contribution < -0.4 is 10.5 Å². The van der Waals surface area contributed by atoms with E-state index in [2.05, 4.69) is 0 Å². The molecule has 0 aromatic heterocycles. The number of hydrogen-bond donors (Lipinski definition) is 1. The third kappa shape index (κ3) is 7.32. The quantitative estimate of drug-likeness (QED) is 0.661. The smallest absolute Gasteiger partial charge is 0.248 e. The van der Waals surface area contributed by atoms with Crippen LogP contribution in [-0.4, -0.2) is 24.1 Å². The van der Waals surface area contributed by atoms with Gasteiger partial charge < -0.3 is 10.5 Å². The predicted molar refractivity (Wildman–Crippen MR) is 83.8 cm³/mol. The molecular formula is C16H23ClFNO2. The first-order chi connectivity index (χ1) is 10.0. The Labute approximate surface area is 130 Å². The van der Waals surface area contributed by atoms with Gasteiger partial charge in [0.25, 0.3) is 0 Å². The van der Waals surface area contributed by atoms with Crippen molar-refractivity contribution in [2.75, 3.05) is 6.61 Å². The van der Waals surface area contributed by atoms with E-state index in [9.17, 15) is 9.18 Å². The number of alkyl halides is 2. The second kappa shape index (κ2) is 9.61. The lowest BCUT2D eigenvalue weighted by atomic mass is 10.1. The summed E-state index contributed by atoms with van der Waals surface area (Å²) in [7, 11) is 0. The number of nitrogens with two attached hydrogens (primary N) is 1. The molecule has 0 saturated heterocycles. The van der Waals surface area contributed by atoms with Crippen LogP contribution in [0.1, 0.15) is 49.4 Å². The summed E-state index contributed by atoms with van der Waals surface area (Å²) >= 11 is 6.15. The number of benzene rings is 1. The second-order valence-corrected chi connectivity index (χ2v) is 5.73. The van der Waals surface area contributed by atoms with E-state index in [1.54, 1.807) is 24.3 Å². The first-order valence-corrected chi connectivity index (χ1v) is 7.77. The molecule has 5 heteroatoms. The third-order valence-corrected chi connectivity index (χ3v) is 3.53. The fourth-order valence-corrected chi connectivity index (χ4v) is 2.24. The van der Waals surface area contributed by atoms with E-state index in [4.69, 9.17) is 22.1 Å². The van der Waals surface area contributed by atoms with Crippen LogP contribution in [0.5, 0.6) is 5.75 Å². The molecule has 1 aromatic carbocycles. The average Bonchev–Trinajstić information content (AvgIpc) is 2.45. The largest absolute Gasteiger partial charge is 0.492 e. The number of ether oxygens (including phenoxy) is 1. The van der Waals surface area contributed by atoms with Crippen LogP contribution >= 0.6 is 11.6 Å². The number of halogens is 2. The molecule has 21 heavy (non-hydrogen) atoms. The predicted octanol–water partition coefficient (Wildman–Crippen LogP) is 4.08. The summed E-state index contributed by atoms with van der Waals surface area (Å²) in [6.07, 6.45) is 2.76. The van der Waals surface area contributed by atoms with Gasteiger partial charge in [0.1, 0.15) is 18.5 Å². The minimum absolute atomic E-state index is 0.170. The summed E-state index contributed by atoms with van der Waals surface area (Å²) in [4.78, 5) is 11.1. The van der Waals surface area contributed by atoms with Crippen molar-refractivity contribution >= 4 is 17.5 Å². The van der Waals surface area contributed by atoms with Crippen molar-refractivity contribution in [1.82, 2.24) is 0 Å². The van der Waals surface area contributed by atoms with E-state index in [0.29, 0.717) is 37.2 Å². The van der Waals surface area contributed by atoms with Crippen molar-refractivity contribution in [3.63, 3.8) is 0 Å². The van der Waals surface area contributed by atoms with Gasteiger partial charge in [0.05, 0.1) is 5.38 Å². The van der Waals surface area contributed by atoms with Gasteiger partial charge in [0, 0.05) is 5.56 Å². The van der Waals surface area contributed by atoms with E-state index in [0.717, 1.165) is 12.8 Å². The van der Waals surface area contributed by atoms with Crippen LogP contribution in [-0.2, 0) is 0 Å². The molecule has 0 spiro atoms. The van der Waals surface area contributed by atoms with Crippen molar-refractivity contribution in [1.29, 1.82) is 0 Å². The van der Waals surface area contributed by atoms with Gasteiger partial charge in [-0.25, -0.2) is 4.39 Å². The Morgan fingerprint density at radius 2 is 2.14 bits per heavy atom. The minimum Gasteiger partial charge on any atom is -0.492 e. The normalized spacial score (nSPS) is 13.7. The first kappa shape index (κ1) is 17.8. The van der Waals surface area contributed by atoms with Gasteiger partial charge in [-0.2, -0.15) is 0 Å². The third-order valence-electron chi connectivity index (χ3n) is 3.19. The van der Waals surface area contributed by atoms with Gasteiger partial charge in [-0.15, -0.1) is 11.6 Å². The van der Waals surface area contributed by atoms with E-state index >= 15 is 0 Å². The van der Waals surface area contributed by atoms with Crippen LogP contribution in [0.2, 0.25) is 0 Å². The van der Waals surface area contributed by atoms with Gasteiger partial charge in [0.2, 0.25) is 5.91 Å².